The van der Waals surface area contributed by atoms with E-state index in [1.165, 1.54) is 4.57 Å². The molecular formula is C11H15ClN4O2. The van der Waals surface area contributed by atoms with Crippen LogP contribution in [-0.4, -0.2) is 19.1 Å². The van der Waals surface area contributed by atoms with E-state index in [0.717, 1.165) is 6.42 Å². The molecule has 1 N–H and O–H groups in total. The molecule has 2 heterocycles. The van der Waals surface area contributed by atoms with E-state index in [1.807, 2.05) is 13.8 Å². The summed E-state index contributed by atoms with van der Waals surface area (Å²) in [5, 5.41) is 0. The molecule has 6 nitrogen and oxygen atoms in total. The molecule has 0 amide bonds. The van der Waals surface area contributed by atoms with E-state index in [9.17, 15) is 9.59 Å². The summed E-state index contributed by atoms with van der Waals surface area (Å²) in [7, 11) is 0. The lowest BCUT2D eigenvalue weighted by Crippen LogP contribution is -2.31. The van der Waals surface area contributed by atoms with Crippen LogP contribution in [0.25, 0.3) is 11.2 Å². The van der Waals surface area contributed by atoms with Gasteiger partial charge in [0.05, 0.1) is 5.88 Å². The maximum atomic E-state index is 11.9. The number of aromatic nitrogens is 4. The Labute approximate surface area is 108 Å². The number of nitrogens with one attached hydrogen (secondary N) is 1. The van der Waals surface area contributed by atoms with Crippen molar-refractivity contribution < 1.29 is 0 Å². The Bertz CT molecular complexity index is 683. The van der Waals surface area contributed by atoms with Gasteiger partial charge in [0, 0.05) is 13.1 Å². The Hall–Kier alpha value is -1.56. The fraction of sp³-hybridized carbons (Fsp3) is 0.545. The second-order valence-electron chi connectivity index (χ2n) is 3.99. The number of aromatic amines is 1. The molecular weight excluding hydrogens is 256 g/mol. The fourth-order valence-electron chi connectivity index (χ4n) is 2.09. The first-order valence-electron chi connectivity index (χ1n) is 5.92. The summed E-state index contributed by atoms with van der Waals surface area (Å²) < 4.78 is 3.23. The summed E-state index contributed by atoms with van der Waals surface area (Å²) in [6, 6.07) is 0. The van der Waals surface area contributed by atoms with Crippen LogP contribution in [0.1, 0.15) is 26.1 Å². The van der Waals surface area contributed by atoms with Crippen molar-refractivity contribution in [3.8, 4) is 0 Å². The molecule has 0 atom stereocenters. The Morgan fingerprint density at radius 2 is 2.00 bits per heavy atom. The molecule has 0 radical (unpaired) electrons. The molecule has 0 spiro atoms. The van der Waals surface area contributed by atoms with Crippen molar-refractivity contribution in [3.05, 3.63) is 26.7 Å². The van der Waals surface area contributed by atoms with E-state index in [4.69, 9.17) is 11.6 Å². The molecule has 0 aliphatic heterocycles. The number of fused-ring (bicyclic) bond motifs is 1. The minimum absolute atomic E-state index is 0.211. The minimum Gasteiger partial charge on any atom is -0.321 e. The molecule has 0 unspecified atom stereocenters. The van der Waals surface area contributed by atoms with Gasteiger partial charge >= 0.3 is 5.69 Å². The van der Waals surface area contributed by atoms with Crippen LogP contribution in [0, 0.1) is 0 Å². The van der Waals surface area contributed by atoms with E-state index in [1.54, 1.807) is 4.57 Å². The van der Waals surface area contributed by atoms with Gasteiger partial charge in [-0.3, -0.25) is 14.3 Å². The number of H-pyrrole nitrogens is 1. The van der Waals surface area contributed by atoms with Gasteiger partial charge in [0.2, 0.25) is 0 Å². The number of nitrogens with zero attached hydrogens (tertiary/aromatic N) is 3. The lowest BCUT2D eigenvalue weighted by atomic mass is 10.4. The molecule has 2 aromatic heterocycles. The number of hydrogen-bond donors (Lipinski definition) is 1. The van der Waals surface area contributed by atoms with Gasteiger partial charge in [-0.15, -0.1) is 11.6 Å². The standard InChI is InChI=1S/C11H15ClN4O2/c1-3-5-16-9-8(10(17)14-11(16)18)15(4-2)7(6-12)13-9/h3-6H2,1-2H3,(H,14,17,18). The Morgan fingerprint density at radius 3 is 2.56 bits per heavy atom. The monoisotopic (exact) mass is 270 g/mol. The summed E-state index contributed by atoms with van der Waals surface area (Å²) >= 11 is 5.82. The Kier molecular flexibility index (Phi) is 3.56. The van der Waals surface area contributed by atoms with Crippen molar-refractivity contribution in [3.63, 3.8) is 0 Å². The molecule has 2 aromatic rings. The van der Waals surface area contributed by atoms with Crippen LogP contribution >= 0.6 is 11.6 Å². The summed E-state index contributed by atoms with van der Waals surface area (Å²) in [5.74, 6) is 0.817. The third-order valence-corrected chi connectivity index (χ3v) is 3.09. The summed E-state index contributed by atoms with van der Waals surface area (Å²) in [4.78, 5) is 30.3. The van der Waals surface area contributed by atoms with Crippen molar-refractivity contribution in [1.29, 1.82) is 0 Å². The first kappa shape index (κ1) is 12.9. The van der Waals surface area contributed by atoms with Gasteiger partial charge in [0.1, 0.15) is 5.82 Å². The van der Waals surface area contributed by atoms with Gasteiger partial charge in [-0.05, 0) is 13.3 Å². The number of imidazole rings is 1. The quantitative estimate of drug-likeness (QED) is 0.844. The average molecular weight is 271 g/mol. The highest BCUT2D eigenvalue weighted by atomic mass is 35.5. The third kappa shape index (κ3) is 1.86. The molecule has 0 saturated carbocycles. The molecule has 0 aliphatic carbocycles. The number of alkyl halides is 1. The predicted molar refractivity (Wildman–Crippen MR) is 70.1 cm³/mol. The van der Waals surface area contributed by atoms with Crippen LogP contribution in [-0.2, 0) is 19.0 Å². The molecule has 0 aliphatic rings. The minimum atomic E-state index is -0.420. The van der Waals surface area contributed by atoms with Crippen molar-refractivity contribution in [2.75, 3.05) is 0 Å². The van der Waals surface area contributed by atoms with Crippen LogP contribution in [0.3, 0.4) is 0 Å². The zero-order valence-electron chi connectivity index (χ0n) is 10.4. The van der Waals surface area contributed by atoms with Crippen molar-refractivity contribution in [2.24, 2.45) is 0 Å². The topological polar surface area (TPSA) is 72.7 Å². The van der Waals surface area contributed by atoms with Gasteiger partial charge < -0.3 is 4.57 Å². The zero-order valence-corrected chi connectivity index (χ0v) is 11.1. The smallest absolute Gasteiger partial charge is 0.321 e. The van der Waals surface area contributed by atoms with E-state index in [2.05, 4.69) is 9.97 Å². The van der Waals surface area contributed by atoms with Crippen LogP contribution in [0.15, 0.2) is 9.59 Å². The summed E-state index contributed by atoms with van der Waals surface area (Å²) in [6.07, 6.45) is 0.788. The highest BCUT2D eigenvalue weighted by Crippen LogP contribution is 2.13. The van der Waals surface area contributed by atoms with Gasteiger partial charge in [-0.25, -0.2) is 9.78 Å². The summed E-state index contributed by atoms with van der Waals surface area (Å²) in [5.41, 5.74) is 0.00796. The SMILES string of the molecule is CCCn1c(=O)[nH]c(=O)c2c1nc(CCl)n2CC. The van der Waals surface area contributed by atoms with Gasteiger partial charge in [-0.1, -0.05) is 6.92 Å². The van der Waals surface area contributed by atoms with E-state index >= 15 is 0 Å². The normalized spacial score (nSPS) is 11.3. The van der Waals surface area contributed by atoms with Crippen molar-refractivity contribution in [2.45, 2.75) is 39.2 Å². The highest BCUT2D eigenvalue weighted by molar-refractivity contribution is 6.16. The van der Waals surface area contributed by atoms with Gasteiger partial charge in [-0.2, -0.15) is 0 Å². The second kappa shape index (κ2) is 4.97. The molecule has 7 heteroatoms. The molecule has 0 saturated heterocycles. The van der Waals surface area contributed by atoms with Crippen LogP contribution in [0.2, 0.25) is 0 Å². The lowest BCUT2D eigenvalue weighted by Gasteiger charge is -2.04. The first-order chi connectivity index (χ1) is 8.63. The maximum Gasteiger partial charge on any atom is 0.330 e. The number of halogens is 1. The van der Waals surface area contributed by atoms with Crippen LogP contribution in [0.5, 0.6) is 0 Å². The first-order valence-corrected chi connectivity index (χ1v) is 6.45. The highest BCUT2D eigenvalue weighted by Gasteiger charge is 2.16. The van der Waals surface area contributed by atoms with E-state index < -0.39 is 11.2 Å². The zero-order chi connectivity index (χ0) is 13.3. The van der Waals surface area contributed by atoms with Crippen LogP contribution < -0.4 is 11.2 Å². The largest absolute Gasteiger partial charge is 0.330 e. The maximum absolute atomic E-state index is 11.9. The predicted octanol–water partition coefficient (Wildman–Crippen LogP) is 1.05. The average Bonchev–Trinajstić information content (AvgIpc) is 2.73. The lowest BCUT2D eigenvalue weighted by molar-refractivity contribution is 0.651. The number of rotatable bonds is 4. The molecule has 18 heavy (non-hydrogen) atoms. The fourth-order valence-corrected chi connectivity index (χ4v) is 2.30. The van der Waals surface area contributed by atoms with Crippen molar-refractivity contribution in [1.82, 2.24) is 19.1 Å². The molecule has 0 aromatic carbocycles. The molecule has 0 fully saturated rings. The molecule has 0 bridgehead atoms. The molecule has 2 rings (SSSR count). The van der Waals surface area contributed by atoms with E-state index in [-0.39, 0.29) is 5.88 Å². The summed E-state index contributed by atoms with van der Waals surface area (Å²) in [6.45, 7) is 4.98. The van der Waals surface area contributed by atoms with Crippen molar-refractivity contribution >= 4 is 22.8 Å². The third-order valence-electron chi connectivity index (χ3n) is 2.85. The Morgan fingerprint density at radius 1 is 1.28 bits per heavy atom. The van der Waals surface area contributed by atoms with Gasteiger partial charge in [0.15, 0.2) is 11.2 Å². The van der Waals surface area contributed by atoms with E-state index in [0.29, 0.717) is 30.1 Å². The second-order valence-corrected chi connectivity index (χ2v) is 4.26. The number of aryl methyl sites for hydroxylation is 2. The van der Waals surface area contributed by atoms with Gasteiger partial charge in [0.25, 0.3) is 5.56 Å². The van der Waals surface area contributed by atoms with Crippen LogP contribution in [0.4, 0.5) is 0 Å². The Balaban J connectivity index is 2.91. The number of hydrogen-bond acceptors (Lipinski definition) is 3. The molecule has 98 valence electrons.